The molecule has 2 N–H and O–H groups in total. The normalized spacial score (nSPS) is 16.9. The van der Waals surface area contributed by atoms with Crippen LogP contribution in [0.3, 0.4) is 0 Å². The molecule has 0 aliphatic carbocycles. The number of amides is 2. The molecule has 7 nitrogen and oxygen atoms in total. The number of hydrogen-bond acceptors (Lipinski definition) is 5. The molecule has 23 heavy (non-hydrogen) atoms. The molecule has 0 aromatic heterocycles. The lowest BCUT2D eigenvalue weighted by Gasteiger charge is -2.28. The van der Waals surface area contributed by atoms with E-state index in [1.54, 1.807) is 31.2 Å². The van der Waals surface area contributed by atoms with Gasteiger partial charge in [0, 0.05) is 11.3 Å². The third-order valence-electron chi connectivity index (χ3n) is 3.39. The van der Waals surface area contributed by atoms with E-state index in [4.69, 9.17) is 14.7 Å². The van der Waals surface area contributed by atoms with Gasteiger partial charge < -0.3 is 20.1 Å². The van der Waals surface area contributed by atoms with Gasteiger partial charge in [0.15, 0.2) is 0 Å². The number of methoxy groups -OCH3 is 1. The maximum atomic E-state index is 12.4. The van der Waals surface area contributed by atoms with Crippen LogP contribution in [0.4, 0.5) is 4.79 Å². The first-order valence-corrected chi connectivity index (χ1v) is 7.03. The highest BCUT2D eigenvalue weighted by atomic mass is 16.5. The summed E-state index contributed by atoms with van der Waals surface area (Å²) in [5.74, 6) is -0.0315. The fraction of sp³-hybridized carbons (Fsp3) is 0.312. The summed E-state index contributed by atoms with van der Waals surface area (Å²) in [4.78, 5) is 24.1. The van der Waals surface area contributed by atoms with Gasteiger partial charge >= 0.3 is 12.0 Å². The van der Waals surface area contributed by atoms with E-state index >= 15 is 0 Å². The van der Waals surface area contributed by atoms with E-state index in [2.05, 4.69) is 10.6 Å². The first kappa shape index (κ1) is 16.4. The summed E-state index contributed by atoms with van der Waals surface area (Å²) < 4.78 is 10.4. The number of allylic oxidation sites excluding steroid dienone is 1. The number of rotatable bonds is 5. The molecular formula is C16H17N3O4. The molecule has 1 aliphatic rings. The molecule has 1 aromatic rings. The van der Waals surface area contributed by atoms with Crippen molar-refractivity contribution in [1.82, 2.24) is 10.6 Å². The van der Waals surface area contributed by atoms with Crippen LogP contribution < -0.4 is 15.4 Å². The van der Waals surface area contributed by atoms with Crippen molar-refractivity contribution in [1.29, 1.82) is 5.26 Å². The van der Waals surface area contributed by atoms with Gasteiger partial charge in [-0.05, 0) is 13.0 Å². The summed E-state index contributed by atoms with van der Waals surface area (Å²) in [6, 6.07) is 7.92. The number of nitriles is 1. The molecule has 0 fully saturated rings. The van der Waals surface area contributed by atoms with Crippen LogP contribution in [0, 0.1) is 11.3 Å². The zero-order chi connectivity index (χ0) is 16.8. The number of nitrogens with one attached hydrogen (secondary N) is 2. The Morgan fingerprint density at radius 2 is 2.13 bits per heavy atom. The molecule has 1 heterocycles. The lowest BCUT2D eigenvalue weighted by Crippen LogP contribution is -2.45. The smallest absolute Gasteiger partial charge is 0.338 e. The van der Waals surface area contributed by atoms with Gasteiger partial charge in [0.1, 0.15) is 12.4 Å². The largest absolute Gasteiger partial charge is 0.496 e. The third kappa shape index (κ3) is 3.61. The molecule has 0 saturated heterocycles. The van der Waals surface area contributed by atoms with Crippen molar-refractivity contribution in [3.8, 4) is 11.8 Å². The molecule has 0 spiro atoms. The predicted molar refractivity (Wildman–Crippen MR) is 81.3 cm³/mol. The number of carbonyl (C=O) groups excluding carboxylic acids is 2. The minimum Gasteiger partial charge on any atom is -0.496 e. The van der Waals surface area contributed by atoms with Gasteiger partial charge in [-0.3, -0.25) is 0 Å². The van der Waals surface area contributed by atoms with E-state index < -0.39 is 18.0 Å². The molecule has 1 aliphatic heterocycles. The molecular weight excluding hydrogens is 298 g/mol. The van der Waals surface area contributed by atoms with Gasteiger partial charge in [-0.15, -0.1) is 0 Å². The predicted octanol–water partition coefficient (Wildman–Crippen LogP) is 1.78. The van der Waals surface area contributed by atoms with Gasteiger partial charge in [0.05, 0.1) is 31.2 Å². The second-order valence-corrected chi connectivity index (χ2v) is 4.86. The van der Waals surface area contributed by atoms with Crippen molar-refractivity contribution in [3.05, 3.63) is 41.1 Å². The standard InChI is InChI=1S/C16H17N3O4/c1-10-13(15(20)23-9-5-8-17)14(19-16(21)18-10)11-6-3-4-7-12(11)22-2/h3-4,6-7,14H,5,9H2,1-2H3,(H2,18,19,21)/t14-/m0/s1. The number of ether oxygens (including phenoxy) is 2. The Kier molecular flexibility index (Phi) is 5.20. The monoisotopic (exact) mass is 315 g/mol. The van der Waals surface area contributed by atoms with E-state index in [0.29, 0.717) is 17.0 Å². The van der Waals surface area contributed by atoms with Gasteiger partial charge in [0.25, 0.3) is 0 Å². The topological polar surface area (TPSA) is 100 Å². The minimum absolute atomic E-state index is 0.00129. The molecule has 120 valence electrons. The van der Waals surface area contributed by atoms with Crippen LogP contribution in [0.1, 0.15) is 24.9 Å². The Balaban J connectivity index is 2.38. The summed E-state index contributed by atoms with van der Waals surface area (Å²) in [6.45, 7) is 1.63. The molecule has 2 amide bonds. The number of esters is 1. The minimum atomic E-state index is -0.686. The number of nitrogens with zero attached hydrogens (tertiary/aromatic N) is 1. The van der Waals surface area contributed by atoms with Crippen LogP contribution in [0.5, 0.6) is 5.75 Å². The van der Waals surface area contributed by atoms with Crippen LogP contribution in [-0.2, 0) is 9.53 Å². The van der Waals surface area contributed by atoms with E-state index in [9.17, 15) is 9.59 Å². The lowest BCUT2D eigenvalue weighted by molar-refractivity contribution is -0.139. The Morgan fingerprint density at radius 3 is 2.83 bits per heavy atom. The molecule has 1 atom stereocenters. The van der Waals surface area contributed by atoms with Crippen molar-refractivity contribution >= 4 is 12.0 Å². The number of carbonyl (C=O) groups is 2. The van der Waals surface area contributed by atoms with E-state index in [1.807, 2.05) is 6.07 Å². The quantitative estimate of drug-likeness (QED) is 0.637. The second kappa shape index (κ2) is 7.31. The van der Waals surface area contributed by atoms with Gasteiger partial charge in [0.2, 0.25) is 0 Å². The SMILES string of the molecule is COc1ccccc1[C@@H]1NC(=O)NC(C)=C1C(=O)OCCC#N. The van der Waals surface area contributed by atoms with Gasteiger partial charge in [-0.25, -0.2) is 9.59 Å². The maximum absolute atomic E-state index is 12.4. The van der Waals surface area contributed by atoms with Gasteiger partial charge in [-0.2, -0.15) is 5.26 Å². The Hall–Kier alpha value is -3.01. The molecule has 0 saturated carbocycles. The van der Waals surface area contributed by atoms with Crippen molar-refractivity contribution in [2.75, 3.05) is 13.7 Å². The van der Waals surface area contributed by atoms with Crippen LogP contribution in [-0.4, -0.2) is 25.7 Å². The number of hydrogen-bond donors (Lipinski definition) is 2. The van der Waals surface area contributed by atoms with Crippen LogP contribution in [0.15, 0.2) is 35.5 Å². The molecule has 7 heteroatoms. The average molecular weight is 315 g/mol. The molecule has 0 unspecified atom stereocenters. The van der Waals surface area contributed by atoms with Crippen LogP contribution >= 0.6 is 0 Å². The Bertz CT molecular complexity index is 691. The first-order valence-electron chi connectivity index (χ1n) is 7.03. The van der Waals surface area contributed by atoms with Crippen molar-refractivity contribution in [3.63, 3.8) is 0 Å². The average Bonchev–Trinajstić information content (AvgIpc) is 2.54. The Morgan fingerprint density at radius 1 is 1.39 bits per heavy atom. The first-order chi connectivity index (χ1) is 11.1. The van der Waals surface area contributed by atoms with Crippen LogP contribution in [0.25, 0.3) is 0 Å². The van der Waals surface area contributed by atoms with E-state index in [-0.39, 0.29) is 18.6 Å². The molecule has 0 bridgehead atoms. The summed E-state index contributed by atoms with van der Waals surface area (Å²) in [5.41, 5.74) is 1.34. The summed E-state index contributed by atoms with van der Waals surface area (Å²) in [5, 5.41) is 13.8. The number of urea groups is 1. The number of para-hydroxylation sites is 1. The van der Waals surface area contributed by atoms with Crippen molar-refractivity contribution < 1.29 is 19.1 Å². The summed E-state index contributed by atoms with van der Waals surface area (Å²) in [7, 11) is 1.52. The fourth-order valence-electron chi connectivity index (χ4n) is 2.37. The molecule has 2 rings (SSSR count). The van der Waals surface area contributed by atoms with Crippen molar-refractivity contribution in [2.45, 2.75) is 19.4 Å². The fourth-order valence-corrected chi connectivity index (χ4v) is 2.37. The summed E-state index contributed by atoms with van der Waals surface area (Å²) in [6.07, 6.45) is 0.108. The van der Waals surface area contributed by atoms with Crippen LogP contribution in [0.2, 0.25) is 0 Å². The zero-order valence-electron chi connectivity index (χ0n) is 12.9. The maximum Gasteiger partial charge on any atom is 0.338 e. The third-order valence-corrected chi connectivity index (χ3v) is 3.39. The zero-order valence-corrected chi connectivity index (χ0v) is 12.9. The van der Waals surface area contributed by atoms with E-state index in [0.717, 1.165) is 0 Å². The van der Waals surface area contributed by atoms with Gasteiger partial charge in [-0.1, -0.05) is 18.2 Å². The highest BCUT2D eigenvalue weighted by Gasteiger charge is 2.33. The second-order valence-electron chi connectivity index (χ2n) is 4.86. The summed E-state index contributed by atoms with van der Waals surface area (Å²) >= 11 is 0. The van der Waals surface area contributed by atoms with Crippen molar-refractivity contribution in [2.24, 2.45) is 0 Å². The highest BCUT2D eigenvalue weighted by Crippen LogP contribution is 2.33. The molecule has 1 aromatic carbocycles. The van der Waals surface area contributed by atoms with E-state index in [1.165, 1.54) is 7.11 Å². The number of benzene rings is 1. The lowest BCUT2D eigenvalue weighted by atomic mass is 9.95. The highest BCUT2D eigenvalue weighted by molar-refractivity contribution is 5.95. The molecule has 0 radical (unpaired) electrons. The Labute approximate surface area is 133 Å².